The smallest absolute Gasteiger partial charge is 0.00964 e. The summed E-state index contributed by atoms with van der Waals surface area (Å²) in [5.74, 6) is 0. The van der Waals surface area contributed by atoms with Crippen molar-refractivity contribution in [1.82, 2.24) is 4.90 Å². The lowest BCUT2D eigenvalue weighted by molar-refractivity contribution is 0.255. The van der Waals surface area contributed by atoms with Crippen molar-refractivity contribution in [3.8, 4) is 0 Å². The number of rotatable bonds is 13. The molecule has 18 heavy (non-hydrogen) atoms. The Kier molecular flexibility index (Phi) is 9.59. The first-order valence-electron chi connectivity index (χ1n) is 8.32. The predicted molar refractivity (Wildman–Crippen MR) is 80.9 cm³/mol. The van der Waals surface area contributed by atoms with Crippen LogP contribution in [0.3, 0.4) is 0 Å². The Morgan fingerprint density at radius 2 is 1.39 bits per heavy atom. The van der Waals surface area contributed by atoms with E-state index in [-0.39, 0.29) is 0 Å². The fraction of sp³-hybridized carbons (Fsp3) is 1.00. The minimum absolute atomic E-state index is 0.848. The van der Waals surface area contributed by atoms with Gasteiger partial charge in [0.25, 0.3) is 0 Å². The van der Waals surface area contributed by atoms with Crippen LogP contribution >= 0.6 is 0 Å². The highest BCUT2D eigenvalue weighted by Gasteiger charge is 2.27. The molecule has 0 aromatic carbocycles. The normalized spacial score (nSPS) is 15.5. The minimum atomic E-state index is 0.848. The predicted octanol–water partition coefficient (Wildman–Crippen LogP) is 3.94. The Balaban J connectivity index is 1.88. The van der Waals surface area contributed by atoms with Crippen molar-refractivity contribution in [3.05, 3.63) is 0 Å². The molecule has 0 saturated heterocycles. The quantitative estimate of drug-likeness (QED) is 0.504. The highest BCUT2D eigenvalue weighted by atomic mass is 15.2. The Labute approximate surface area is 114 Å². The number of nitrogens with zero attached hydrogens (tertiary/aromatic N) is 1. The fourth-order valence-electron chi connectivity index (χ4n) is 2.66. The lowest BCUT2D eigenvalue weighted by atomic mass is 10.1. The molecule has 0 atom stereocenters. The van der Waals surface area contributed by atoms with Crippen LogP contribution in [0.15, 0.2) is 0 Å². The summed E-state index contributed by atoms with van der Waals surface area (Å²) in [4.78, 5) is 2.68. The van der Waals surface area contributed by atoms with Crippen LogP contribution in [-0.4, -0.2) is 30.6 Å². The van der Waals surface area contributed by atoms with E-state index in [1.807, 2.05) is 0 Å². The summed E-state index contributed by atoms with van der Waals surface area (Å²) in [6.07, 6.45) is 15.4. The Bertz CT molecular complexity index is 178. The van der Waals surface area contributed by atoms with Gasteiger partial charge in [0.2, 0.25) is 0 Å². The molecule has 1 fully saturated rings. The number of hydrogen-bond donors (Lipinski definition) is 1. The molecule has 1 aliphatic rings. The molecule has 1 saturated carbocycles. The highest BCUT2D eigenvalue weighted by Crippen LogP contribution is 2.27. The summed E-state index contributed by atoms with van der Waals surface area (Å²) < 4.78 is 0. The van der Waals surface area contributed by atoms with Crippen molar-refractivity contribution in [2.75, 3.05) is 19.6 Å². The van der Waals surface area contributed by atoms with Crippen LogP contribution in [0.25, 0.3) is 0 Å². The maximum atomic E-state index is 5.60. The van der Waals surface area contributed by atoms with Crippen LogP contribution in [0.1, 0.15) is 77.6 Å². The molecule has 108 valence electrons. The maximum absolute atomic E-state index is 5.60. The molecule has 0 radical (unpaired) electrons. The topological polar surface area (TPSA) is 29.3 Å². The average molecular weight is 254 g/mol. The Hall–Kier alpha value is -0.0800. The first-order chi connectivity index (χ1) is 8.88. The molecule has 2 N–H and O–H groups in total. The van der Waals surface area contributed by atoms with Crippen LogP contribution in [0.4, 0.5) is 0 Å². The van der Waals surface area contributed by atoms with E-state index in [1.165, 1.54) is 83.7 Å². The van der Waals surface area contributed by atoms with Crippen LogP contribution < -0.4 is 5.73 Å². The van der Waals surface area contributed by atoms with Crippen LogP contribution in [-0.2, 0) is 0 Å². The van der Waals surface area contributed by atoms with E-state index in [2.05, 4.69) is 11.8 Å². The van der Waals surface area contributed by atoms with E-state index in [4.69, 9.17) is 5.73 Å². The van der Waals surface area contributed by atoms with Gasteiger partial charge < -0.3 is 10.6 Å². The average Bonchev–Trinajstić information content (AvgIpc) is 3.20. The highest BCUT2D eigenvalue weighted by molar-refractivity contribution is 4.84. The van der Waals surface area contributed by atoms with Crippen molar-refractivity contribution in [2.24, 2.45) is 5.73 Å². The van der Waals surface area contributed by atoms with Crippen molar-refractivity contribution in [3.63, 3.8) is 0 Å². The summed E-state index contributed by atoms with van der Waals surface area (Å²) in [5.41, 5.74) is 5.60. The third kappa shape index (κ3) is 8.10. The molecular weight excluding hydrogens is 220 g/mol. The molecule has 2 nitrogen and oxygen atoms in total. The van der Waals surface area contributed by atoms with E-state index in [9.17, 15) is 0 Å². The standard InChI is InChI=1S/C16H34N2/c1-2-3-4-5-6-7-8-9-14-18(15-10-13-17)16-11-12-16/h16H,2-15,17H2,1H3. The molecule has 2 heteroatoms. The summed E-state index contributed by atoms with van der Waals surface area (Å²) in [7, 11) is 0. The largest absolute Gasteiger partial charge is 0.330 e. The Morgan fingerprint density at radius 1 is 0.833 bits per heavy atom. The van der Waals surface area contributed by atoms with Crippen LogP contribution in [0.2, 0.25) is 0 Å². The summed E-state index contributed by atoms with van der Waals surface area (Å²) in [5, 5.41) is 0. The van der Waals surface area contributed by atoms with Gasteiger partial charge in [0.1, 0.15) is 0 Å². The van der Waals surface area contributed by atoms with Gasteiger partial charge in [-0.1, -0.05) is 51.9 Å². The second-order valence-electron chi connectivity index (χ2n) is 5.88. The van der Waals surface area contributed by atoms with Crippen molar-refractivity contribution in [1.29, 1.82) is 0 Å². The van der Waals surface area contributed by atoms with Crippen LogP contribution in [0, 0.1) is 0 Å². The number of unbranched alkanes of at least 4 members (excludes halogenated alkanes) is 7. The number of nitrogens with two attached hydrogens (primary N) is 1. The lowest BCUT2D eigenvalue weighted by Gasteiger charge is -2.21. The molecule has 0 heterocycles. The summed E-state index contributed by atoms with van der Waals surface area (Å²) in [6, 6.07) is 0.918. The fourth-order valence-corrected chi connectivity index (χ4v) is 2.66. The molecule has 0 bridgehead atoms. The molecule has 0 unspecified atom stereocenters. The van der Waals surface area contributed by atoms with Gasteiger partial charge in [-0.3, -0.25) is 0 Å². The second kappa shape index (κ2) is 10.8. The van der Waals surface area contributed by atoms with Gasteiger partial charge in [0.15, 0.2) is 0 Å². The summed E-state index contributed by atoms with van der Waals surface area (Å²) >= 11 is 0. The zero-order chi connectivity index (χ0) is 13.1. The van der Waals surface area contributed by atoms with E-state index < -0.39 is 0 Å². The van der Waals surface area contributed by atoms with Gasteiger partial charge in [0, 0.05) is 6.04 Å². The summed E-state index contributed by atoms with van der Waals surface area (Å²) in [6.45, 7) is 5.69. The molecule has 1 rings (SSSR count). The molecule has 0 amide bonds. The monoisotopic (exact) mass is 254 g/mol. The third-order valence-corrected chi connectivity index (χ3v) is 4.01. The minimum Gasteiger partial charge on any atom is -0.330 e. The first-order valence-corrected chi connectivity index (χ1v) is 8.32. The van der Waals surface area contributed by atoms with Crippen molar-refractivity contribution in [2.45, 2.75) is 83.6 Å². The van der Waals surface area contributed by atoms with Gasteiger partial charge in [-0.25, -0.2) is 0 Å². The number of hydrogen-bond acceptors (Lipinski definition) is 2. The SMILES string of the molecule is CCCCCCCCCCN(CCCN)C1CC1. The molecule has 1 aliphatic carbocycles. The maximum Gasteiger partial charge on any atom is 0.00964 e. The van der Waals surface area contributed by atoms with E-state index in [0.29, 0.717) is 0 Å². The third-order valence-electron chi connectivity index (χ3n) is 4.01. The van der Waals surface area contributed by atoms with E-state index >= 15 is 0 Å². The second-order valence-corrected chi connectivity index (χ2v) is 5.88. The van der Waals surface area contributed by atoms with Gasteiger partial charge in [-0.15, -0.1) is 0 Å². The molecular formula is C16H34N2. The zero-order valence-corrected chi connectivity index (χ0v) is 12.5. The molecule has 0 aliphatic heterocycles. The van der Waals surface area contributed by atoms with Gasteiger partial charge >= 0.3 is 0 Å². The lowest BCUT2D eigenvalue weighted by Crippen LogP contribution is -2.29. The Morgan fingerprint density at radius 3 is 1.94 bits per heavy atom. The van der Waals surface area contributed by atoms with E-state index in [0.717, 1.165) is 12.6 Å². The van der Waals surface area contributed by atoms with Gasteiger partial charge in [0.05, 0.1) is 0 Å². The molecule has 0 aromatic heterocycles. The molecule has 0 spiro atoms. The van der Waals surface area contributed by atoms with Crippen molar-refractivity contribution < 1.29 is 0 Å². The van der Waals surface area contributed by atoms with Crippen LogP contribution in [0.5, 0.6) is 0 Å². The van der Waals surface area contributed by atoms with Gasteiger partial charge in [-0.05, 0) is 45.3 Å². The first kappa shape index (κ1) is 16.0. The zero-order valence-electron chi connectivity index (χ0n) is 12.5. The van der Waals surface area contributed by atoms with Gasteiger partial charge in [-0.2, -0.15) is 0 Å². The van der Waals surface area contributed by atoms with E-state index in [1.54, 1.807) is 0 Å². The molecule has 0 aromatic rings. The van der Waals surface area contributed by atoms with Crippen molar-refractivity contribution >= 4 is 0 Å².